The zero-order valence-electron chi connectivity index (χ0n) is 6.50. The van der Waals surface area contributed by atoms with Crippen LogP contribution in [-0.4, -0.2) is 16.9 Å². The number of nitrogens with zero attached hydrogens (tertiary/aromatic N) is 2. The summed E-state index contributed by atoms with van der Waals surface area (Å²) in [6, 6.07) is 0.376. The van der Waals surface area contributed by atoms with Crippen molar-refractivity contribution in [2.24, 2.45) is 0 Å². The summed E-state index contributed by atoms with van der Waals surface area (Å²) in [7, 11) is 0. The highest BCUT2D eigenvalue weighted by Crippen LogP contribution is 2.22. The van der Waals surface area contributed by atoms with Gasteiger partial charge in [-0.2, -0.15) is 0 Å². The normalized spacial score (nSPS) is 24.3. The molecule has 2 heterocycles. The van der Waals surface area contributed by atoms with E-state index in [2.05, 4.69) is 15.7 Å². The molecule has 0 spiro atoms. The van der Waals surface area contributed by atoms with Crippen molar-refractivity contribution in [2.75, 3.05) is 6.54 Å². The van der Waals surface area contributed by atoms with E-state index in [9.17, 15) is 0 Å². The molecule has 0 aromatic carbocycles. The van der Waals surface area contributed by atoms with Gasteiger partial charge in [0, 0.05) is 5.27 Å². The topological polar surface area (TPSA) is 51.0 Å². The smallest absolute Gasteiger partial charge is 0.158 e. The van der Waals surface area contributed by atoms with Crippen LogP contribution in [0.15, 0.2) is 4.52 Å². The number of aryl methyl sites for hydroxylation is 1. The van der Waals surface area contributed by atoms with Crippen LogP contribution in [0, 0.1) is 6.92 Å². The third kappa shape index (κ3) is 1.14. The van der Waals surface area contributed by atoms with E-state index in [1.165, 1.54) is 6.42 Å². The molecular weight excluding hydrogens is 142 g/mol. The molecule has 4 nitrogen and oxygen atoms in total. The van der Waals surface area contributed by atoms with Gasteiger partial charge in [0.05, 0.1) is 6.04 Å². The standard InChI is InChI=1S/C7H11N3O/c1-5-7(9-10-11-5)6-3-2-4-8-6/h6,8H,2-4H2,1H3. The molecule has 0 radical (unpaired) electrons. The van der Waals surface area contributed by atoms with E-state index in [0.717, 1.165) is 24.4 Å². The lowest BCUT2D eigenvalue weighted by atomic mass is 10.1. The molecule has 1 fully saturated rings. The Balaban J connectivity index is 2.21. The second-order valence-electron chi connectivity index (χ2n) is 2.86. The lowest BCUT2D eigenvalue weighted by Crippen LogP contribution is -2.14. The fourth-order valence-electron chi connectivity index (χ4n) is 1.48. The number of hydrogen-bond donors (Lipinski definition) is 1. The van der Waals surface area contributed by atoms with Crippen LogP contribution in [0.1, 0.15) is 30.3 Å². The van der Waals surface area contributed by atoms with Crippen LogP contribution in [-0.2, 0) is 0 Å². The van der Waals surface area contributed by atoms with Crippen molar-refractivity contribution in [2.45, 2.75) is 25.8 Å². The Kier molecular flexibility index (Phi) is 1.62. The molecule has 0 aliphatic carbocycles. The molecule has 1 unspecified atom stereocenters. The summed E-state index contributed by atoms with van der Waals surface area (Å²) in [5.41, 5.74) is 0.975. The van der Waals surface area contributed by atoms with Crippen molar-refractivity contribution in [3.05, 3.63) is 11.5 Å². The van der Waals surface area contributed by atoms with Crippen molar-refractivity contribution in [1.29, 1.82) is 0 Å². The van der Waals surface area contributed by atoms with Crippen molar-refractivity contribution >= 4 is 0 Å². The molecular formula is C7H11N3O. The van der Waals surface area contributed by atoms with E-state index in [0.29, 0.717) is 6.04 Å². The van der Waals surface area contributed by atoms with Gasteiger partial charge in [0.2, 0.25) is 0 Å². The predicted molar refractivity (Wildman–Crippen MR) is 39.0 cm³/mol. The third-order valence-electron chi connectivity index (χ3n) is 2.08. The molecule has 60 valence electrons. The van der Waals surface area contributed by atoms with Gasteiger partial charge in [-0.15, -0.1) is 5.10 Å². The molecule has 11 heavy (non-hydrogen) atoms. The average Bonchev–Trinajstić information content (AvgIpc) is 2.55. The molecule has 1 aliphatic rings. The van der Waals surface area contributed by atoms with Gasteiger partial charge < -0.3 is 9.84 Å². The Bertz CT molecular complexity index is 240. The van der Waals surface area contributed by atoms with Gasteiger partial charge in [0.1, 0.15) is 5.69 Å². The zero-order valence-corrected chi connectivity index (χ0v) is 6.50. The molecule has 2 rings (SSSR count). The highest BCUT2D eigenvalue weighted by atomic mass is 16.5. The fourth-order valence-corrected chi connectivity index (χ4v) is 1.48. The summed E-state index contributed by atoms with van der Waals surface area (Å²) in [5.74, 6) is 0.837. The number of rotatable bonds is 1. The van der Waals surface area contributed by atoms with Crippen LogP contribution in [0.2, 0.25) is 0 Å². The Morgan fingerprint density at radius 3 is 3.09 bits per heavy atom. The first-order chi connectivity index (χ1) is 5.38. The van der Waals surface area contributed by atoms with E-state index < -0.39 is 0 Å². The molecule has 4 heteroatoms. The van der Waals surface area contributed by atoms with E-state index >= 15 is 0 Å². The first-order valence-corrected chi connectivity index (χ1v) is 3.90. The molecule has 0 saturated carbocycles. The van der Waals surface area contributed by atoms with Crippen LogP contribution < -0.4 is 5.32 Å². The minimum atomic E-state index is 0.376. The summed E-state index contributed by atoms with van der Waals surface area (Å²) in [5, 5.41) is 10.8. The van der Waals surface area contributed by atoms with Crippen molar-refractivity contribution in [1.82, 2.24) is 15.7 Å². The molecule has 1 aromatic rings. The van der Waals surface area contributed by atoms with Gasteiger partial charge in [-0.25, -0.2) is 0 Å². The number of hydrogen-bond acceptors (Lipinski definition) is 4. The van der Waals surface area contributed by atoms with Crippen molar-refractivity contribution in [3.63, 3.8) is 0 Å². The monoisotopic (exact) mass is 153 g/mol. The lowest BCUT2D eigenvalue weighted by Gasteiger charge is -2.04. The Morgan fingerprint density at radius 1 is 1.64 bits per heavy atom. The van der Waals surface area contributed by atoms with Gasteiger partial charge in [-0.1, -0.05) is 0 Å². The quantitative estimate of drug-likeness (QED) is 0.648. The highest BCUT2D eigenvalue weighted by Gasteiger charge is 2.21. The summed E-state index contributed by atoms with van der Waals surface area (Å²) in [6.45, 7) is 2.98. The summed E-state index contributed by atoms with van der Waals surface area (Å²) in [6.07, 6.45) is 2.37. The van der Waals surface area contributed by atoms with Crippen LogP contribution >= 0.6 is 0 Å². The molecule has 1 aliphatic heterocycles. The SMILES string of the molecule is Cc1onnc1C1CCCN1. The van der Waals surface area contributed by atoms with Crippen LogP contribution in [0.5, 0.6) is 0 Å². The predicted octanol–water partition coefficient (Wildman–Crippen LogP) is 0.803. The van der Waals surface area contributed by atoms with Gasteiger partial charge in [-0.05, 0) is 26.3 Å². The number of nitrogens with one attached hydrogen (secondary N) is 1. The Morgan fingerprint density at radius 2 is 2.55 bits per heavy atom. The fraction of sp³-hybridized carbons (Fsp3) is 0.714. The maximum atomic E-state index is 4.88. The van der Waals surface area contributed by atoms with E-state index in [1.54, 1.807) is 0 Å². The van der Waals surface area contributed by atoms with Crippen molar-refractivity contribution in [3.8, 4) is 0 Å². The molecule has 0 amide bonds. The summed E-state index contributed by atoms with van der Waals surface area (Å²) < 4.78 is 4.88. The van der Waals surface area contributed by atoms with Gasteiger partial charge in [0.15, 0.2) is 5.76 Å². The molecule has 1 saturated heterocycles. The molecule has 1 aromatic heterocycles. The van der Waals surface area contributed by atoms with E-state index in [-0.39, 0.29) is 0 Å². The minimum absolute atomic E-state index is 0.376. The zero-order chi connectivity index (χ0) is 7.68. The maximum absolute atomic E-state index is 4.88. The second kappa shape index (κ2) is 2.62. The van der Waals surface area contributed by atoms with Gasteiger partial charge in [-0.3, -0.25) is 0 Å². The van der Waals surface area contributed by atoms with Crippen LogP contribution in [0.4, 0.5) is 0 Å². The number of aromatic nitrogens is 2. The maximum Gasteiger partial charge on any atom is 0.158 e. The second-order valence-corrected chi connectivity index (χ2v) is 2.86. The first kappa shape index (κ1) is 6.79. The minimum Gasteiger partial charge on any atom is -0.342 e. The molecule has 1 atom stereocenters. The van der Waals surface area contributed by atoms with Gasteiger partial charge >= 0.3 is 0 Å². The molecule has 0 bridgehead atoms. The van der Waals surface area contributed by atoms with Crippen molar-refractivity contribution < 1.29 is 4.52 Å². The summed E-state index contributed by atoms with van der Waals surface area (Å²) >= 11 is 0. The third-order valence-corrected chi connectivity index (χ3v) is 2.08. The first-order valence-electron chi connectivity index (χ1n) is 3.90. The van der Waals surface area contributed by atoms with Crippen LogP contribution in [0.3, 0.4) is 0 Å². The average molecular weight is 153 g/mol. The molecule has 1 N–H and O–H groups in total. The van der Waals surface area contributed by atoms with E-state index in [1.807, 2.05) is 6.92 Å². The van der Waals surface area contributed by atoms with Crippen LogP contribution in [0.25, 0.3) is 0 Å². The highest BCUT2D eigenvalue weighted by molar-refractivity contribution is 5.09. The summed E-state index contributed by atoms with van der Waals surface area (Å²) in [4.78, 5) is 0. The van der Waals surface area contributed by atoms with Gasteiger partial charge in [0.25, 0.3) is 0 Å². The largest absolute Gasteiger partial charge is 0.342 e. The Hall–Kier alpha value is -0.900. The van der Waals surface area contributed by atoms with E-state index in [4.69, 9.17) is 4.52 Å². The Labute approximate surface area is 65.0 Å². The lowest BCUT2D eigenvalue weighted by molar-refractivity contribution is 0.373.